The van der Waals surface area contributed by atoms with E-state index in [-0.39, 0.29) is 17.8 Å². The number of rotatable bonds is 0. The molecule has 2 aliphatic carbocycles. The first-order chi connectivity index (χ1) is 9.10. The van der Waals surface area contributed by atoms with Crippen LogP contribution in [-0.2, 0) is 9.53 Å². The summed E-state index contributed by atoms with van der Waals surface area (Å²) in [6.07, 6.45) is 3.36. The molecule has 3 N–H and O–H groups in total. The molecule has 7 atom stereocenters. The molecule has 5 heteroatoms. The summed E-state index contributed by atoms with van der Waals surface area (Å²) in [6, 6.07) is 0. The average molecular weight is 282 g/mol. The molecule has 1 aliphatic heterocycles. The second kappa shape index (κ2) is 3.84. The van der Waals surface area contributed by atoms with E-state index in [1.807, 2.05) is 6.92 Å². The number of hydrogen-bond acceptors (Lipinski definition) is 5. The summed E-state index contributed by atoms with van der Waals surface area (Å²) in [5, 5.41) is 32.2. The zero-order chi connectivity index (χ0) is 14.9. The third-order valence-corrected chi connectivity index (χ3v) is 5.62. The van der Waals surface area contributed by atoms with Crippen LogP contribution in [0.2, 0.25) is 0 Å². The van der Waals surface area contributed by atoms with Crippen molar-refractivity contribution in [2.75, 3.05) is 0 Å². The Morgan fingerprint density at radius 2 is 1.90 bits per heavy atom. The highest BCUT2D eigenvalue weighted by Crippen LogP contribution is 2.55. The van der Waals surface area contributed by atoms with Crippen LogP contribution in [0.25, 0.3) is 0 Å². The van der Waals surface area contributed by atoms with Gasteiger partial charge in [-0.1, -0.05) is 19.1 Å². The van der Waals surface area contributed by atoms with Crippen LogP contribution in [0.15, 0.2) is 12.2 Å². The molecular weight excluding hydrogens is 260 g/mol. The maximum absolute atomic E-state index is 11.8. The van der Waals surface area contributed by atoms with Crippen molar-refractivity contribution >= 4 is 5.97 Å². The summed E-state index contributed by atoms with van der Waals surface area (Å²) in [5.41, 5.74) is -4.25. The normalized spacial score (nSPS) is 58.0. The third kappa shape index (κ3) is 1.57. The van der Waals surface area contributed by atoms with Gasteiger partial charge in [0.2, 0.25) is 0 Å². The molecule has 1 saturated carbocycles. The van der Waals surface area contributed by atoms with E-state index in [1.165, 1.54) is 12.2 Å². The second-order valence-corrected chi connectivity index (χ2v) is 7.03. The maximum atomic E-state index is 11.8. The van der Waals surface area contributed by atoms with Crippen LogP contribution in [0.1, 0.15) is 33.6 Å². The van der Waals surface area contributed by atoms with Crippen molar-refractivity contribution < 1.29 is 24.9 Å². The molecule has 0 amide bonds. The van der Waals surface area contributed by atoms with Crippen LogP contribution in [0.3, 0.4) is 0 Å². The van der Waals surface area contributed by atoms with Crippen LogP contribution in [0.5, 0.6) is 0 Å². The highest BCUT2D eigenvalue weighted by Gasteiger charge is 2.66. The Morgan fingerprint density at radius 1 is 1.25 bits per heavy atom. The minimum absolute atomic E-state index is 0.0839. The van der Waals surface area contributed by atoms with Gasteiger partial charge in [0, 0.05) is 5.92 Å². The van der Waals surface area contributed by atoms with E-state index < -0.39 is 28.8 Å². The van der Waals surface area contributed by atoms with E-state index in [4.69, 9.17) is 4.74 Å². The first kappa shape index (κ1) is 14.0. The van der Waals surface area contributed by atoms with Gasteiger partial charge in [-0.05, 0) is 26.7 Å². The smallest absolute Gasteiger partial charge is 0.309 e. The van der Waals surface area contributed by atoms with Gasteiger partial charge in [-0.15, -0.1) is 0 Å². The van der Waals surface area contributed by atoms with Crippen LogP contribution < -0.4 is 0 Å². The highest BCUT2D eigenvalue weighted by atomic mass is 16.6. The Morgan fingerprint density at radius 3 is 2.55 bits per heavy atom. The summed E-state index contributed by atoms with van der Waals surface area (Å²) in [7, 11) is 0. The topological polar surface area (TPSA) is 87.0 Å². The van der Waals surface area contributed by atoms with E-state index in [2.05, 4.69) is 0 Å². The summed E-state index contributed by atoms with van der Waals surface area (Å²) >= 11 is 0. The van der Waals surface area contributed by atoms with Crippen LogP contribution >= 0.6 is 0 Å². The van der Waals surface area contributed by atoms with Gasteiger partial charge in [-0.3, -0.25) is 4.79 Å². The van der Waals surface area contributed by atoms with Gasteiger partial charge in [-0.25, -0.2) is 0 Å². The molecule has 3 rings (SSSR count). The fraction of sp³-hybridized carbons (Fsp3) is 0.800. The van der Waals surface area contributed by atoms with E-state index in [0.29, 0.717) is 12.8 Å². The molecule has 5 nitrogen and oxygen atoms in total. The number of ether oxygens (including phenoxy) is 1. The average Bonchev–Trinajstić information content (AvgIpc) is 2.70. The monoisotopic (exact) mass is 282 g/mol. The van der Waals surface area contributed by atoms with Gasteiger partial charge < -0.3 is 20.1 Å². The summed E-state index contributed by atoms with van der Waals surface area (Å²) in [6.45, 7) is 4.98. The van der Waals surface area contributed by atoms with E-state index in [0.717, 1.165) is 0 Å². The van der Waals surface area contributed by atoms with Crippen LogP contribution in [-0.4, -0.2) is 44.2 Å². The standard InChI is InChI=1S/C15H22O5/c1-8-9-4-5-14(3,18)15(19)7-6-13(2,17)11(15)10(9)20-12(8)16/h6-11,17-19H,4-5H2,1-3H3/t8-,9-,10-,11-,13+,14+,15+/m0/s1. The third-order valence-electron chi connectivity index (χ3n) is 5.62. The van der Waals surface area contributed by atoms with Crippen LogP contribution in [0, 0.1) is 17.8 Å². The van der Waals surface area contributed by atoms with Gasteiger partial charge in [0.05, 0.1) is 23.0 Å². The quantitative estimate of drug-likeness (QED) is 0.441. The molecule has 1 saturated heterocycles. The van der Waals surface area contributed by atoms with Gasteiger partial charge >= 0.3 is 5.97 Å². The van der Waals surface area contributed by atoms with E-state index in [1.54, 1.807) is 13.8 Å². The molecule has 3 aliphatic rings. The maximum Gasteiger partial charge on any atom is 0.309 e. The minimum atomic E-state index is -1.58. The summed E-state index contributed by atoms with van der Waals surface area (Å²) < 4.78 is 5.46. The Labute approximate surface area is 118 Å². The lowest BCUT2D eigenvalue weighted by Gasteiger charge is -2.44. The predicted molar refractivity (Wildman–Crippen MR) is 70.6 cm³/mol. The number of esters is 1. The molecule has 0 unspecified atom stereocenters. The van der Waals surface area contributed by atoms with Crippen molar-refractivity contribution in [3.05, 3.63) is 12.2 Å². The number of hydrogen-bond donors (Lipinski definition) is 3. The molecule has 1 heterocycles. The largest absolute Gasteiger partial charge is 0.461 e. The van der Waals surface area contributed by atoms with Crippen LogP contribution in [0.4, 0.5) is 0 Å². The summed E-state index contributed by atoms with van der Waals surface area (Å²) in [4.78, 5) is 11.8. The van der Waals surface area contributed by atoms with E-state index >= 15 is 0 Å². The van der Waals surface area contributed by atoms with Gasteiger partial charge in [-0.2, -0.15) is 0 Å². The predicted octanol–water partition coefficient (Wildman–Crippen LogP) is 0.377. The van der Waals surface area contributed by atoms with Crippen molar-refractivity contribution in [1.29, 1.82) is 0 Å². The molecule has 0 bridgehead atoms. The van der Waals surface area contributed by atoms with Gasteiger partial charge in [0.1, 0.15) is 11.7 Å². The second-order valence-electron chi connectivity index (χ2n) is 7.03. The van der Waals surface area contributed by atoms with Crippen molar-refractivity contribution in [1.82, 2.24) is 0 Å². The first-order valence-corrected chi connectivity index (χ1v) is 7.18. The molecule has 2 fully saturated rings. The minimum Gasteiger partial charge on any atom is -0.461 e. The number of carbonyl (C=O) groups excluding carboxylic acids is 1. The molecule has 0 aromatic rings. The SMILES string of the molecule is C[C@@H]1C(=O)O[C@H]2[C@H]1CC[C@@](C)(O)[C@@]1(O)C=C[C@@](C)(O)[C@H]21. The zero-order valence-corrected chi connectivity index (χ0v) is 12.0. The Balaban J connectivity index is 2.11. The zero-order valence-electron chi connectivity index (χ0n) is 12.0. The van der Waals surface area contributed by atoms with Gasteiger partial charge in [0.25, 0.3) is 0 Å². The first-order valence-electron chi connectivity index (χ1n) is 7.18. The molecule has 0 aromatic heterocycles. The lowest BCUT2D eigenvalue weighted by atomic mass is 9.70. The molecule has 112 valence electrons. The van der Waals surface area contributed by atoms with Gasteiger partial charge in [0.15, 0.2) is 0 Å². The molecular formula is C15H22O5. The van der Waals surface area contributed by atoms with E-state index in [9.17, 15) is 20.1 Å². The Hall–Kier alpha value is -0.910. The highest BCUT2D eigenvalue weighted by molar-refractivity contribution is 5.75. The molecule has 0 spiro atoms. The molecule has 0 aromatic carbocycles. The van der Waals surface area contributed by atoms with Crippen molar-refractivity contribution in [2.24, 2.45) is 17.8 Å². The molecule has 0 radical (unpaired) electrons. The lowest BCUT2D eigenvalue weighted by Crippen LogP contribution is -2.60. The lowest BCUT2D eigenvalue weighted by molar-refractivity contribution is -0.189. The number of aliphatic hydroxyl groups is 3. The molecule has 20 heavy (non-hydrogen) atoms. The van der Waals surface area contributed by atoms with Crippen molar-refractivity contribution in [3.63, 3.8) is 0 Å². The van der Waals surface area contributed by atoms with Crippen molar-refractivity contribution in [2.45, 2.75) is 56.5 Å². The number of fused-ring (bicyclic) bond motifs is 3. The fourth-order valence-electron chi connectivity index (χ4n) is 4.21. The summed E-state index contributed by atoms with van der Waals surface area (Å²) in [5.74, 6) is -1.38. The van der Waals surface area contributed by atoms with Crippen molar-refractivity contribution in [3.8, 4) is 0 Å². The Bertz CT molecular complexity index is 481. The Kier molecular flexibility index (Phi) is 2.70. The fourth-order valence-corrected chi connectivity index (χ4v) is 4.21. The number of carbonyl (C=O) groups is 1.